The van der Waals surface area contributed by atoms with Gasteiger partial charge in [0.15, 0.2) is 11.6 Å². The first kappa shape index (κ1) is 24.0. The summed E-state index contributed by atoms with van der Waals surface area (Å²) in [5, 5.41) is 24.2. The lowest BCUT2D eigenvalue weighted by Gasteiger charge is -2.32. The Kier molecular flexibility index (Phi) is 7.03. The van der Waals surface area contributed by atoms with Gasteiger partial charge in [0.25, 0.3) is 0 Å². The van der Waals surface area contributed by atoms with Crippen LogP contribution in [-0.2, 0) is 11.8 Å². The Morgan fingerprint density at radius 2 is 2.03 bits per heavy atom. The molecule has 6 nitrogen and oxygen atoms in total. The lowest BCUT2D eigenvalue weighted by Crippen LogP contribution is -2.38. The number of aliphatic hydroxyl groups excluding tert-OH is 1. The largest absolute Gasteiger partial charge is 0.457 e. The summed E-state index contributed by atoms with van der Waals surface area (Å²) in [6, 6.07) is 14.6. The van der Waals surface area contributed by atoms with Gasteiger partial charge in [-0.1, -0.05) is 36.7 Å². The van der Waals surface area contributed by atoms with Crippen LogP contribution in [0.1, 0.15) is 42.7 Å². The number of halogens is 2. The second-order valence-electron chi connectivity index (χ2n) is 8.38. The molecule has 4 N–H and O–H groups in total. The van der Waals surface area contributed by atoms with E-state index in [1.54, 1.807) is 19.2 Å². The number of nitriles is 1. The minimum atomic E-state index is -1.53. The normalized spacial score (nSPS) is 16.0. The molecular weight excluding hydrogens is 455 g/mol. The van der Waals surface area contributed by atoms with Crippen LogP contribution in [0.5, 0.6) is 5.75 Å². The SMILES string of the molecule is CCc1c(F)ccc(Cl)c1C(O)Oc1cc(-c2cccc(C3(C#N)CCNCC3)c2)cnc1N. The van der Waals surface area contributed by atoms with Crippen molar-refractivity contribution >= 4 is 17.4 Å². The van der Waals surface area contributed by atoms with Crippen molar-refractivity contribution in [1.29, 1.82) is 5.26 Å². The summed E-state index contributed by atoms with van der Waals surface area (Å²) in [6.07, 6.45) is 1.89. The number of nitrogen functional groups attached to an aromatic ring is 1. The first-order chi connectivity index (χ1) is 16.4. The zero-order chi connectivity index (χ0) is 24.3. The maximum Gasteiger partial charge on any atom is 0.226 e. The molecule has 4 rings (SSSR count). The first-order valence-electron chi connectivity index (χ1n) is 11.2. The number of hydrogen-bond acceptors (Lipinski definition) is 6. The highest BCUT2D eigenvalue weighted by atomic mass is 35.5. The van der Waals surface area contributed by atoms with Gasteiger partial charge >= 0.3 is 0 Å². The molecule has 1 fully saturated rings. The molecule has 176 valence electrons. The number of aliphatic hydroxyl groups is 1. The summed E-state index contributed by atoms with van der Waals surface area (Å²) in [5.41, 5.74) is 8.42. The van der Waals surface area contributed by atoms with Crippen molar-refractivity contribution in [2.75, 3.05) is 18.8 Å². The number of piperidine rings is 1. The monoisotopic (exact) mass is 480 g/mol. The fourth-order valence-electron chi connectivity index (χ4n) is 4.44. The van der Waals surface area contributed by atoms with E-state index in [0.29, 0.717) is 12.0 Å². The summed E-state index contributed by atoms with van der Waals surface area (Å²) in [5.74, 6) is -0.239. The third-order valence-corrected chi connectivity index (χ3v) is 6.72. The van der Waals surface area contributed by atoms with E-state index in [4.69, 9.17) is 22.1 Å². The van der Waals surface area contributed by atoms with Crippen LogP contribution in [0.15, 0.2) is 48.7 Å². The molecule has 1 atom stereocenters. The standard InChI is InChI=1S/C26H26ClFN4O2/c1-2-19-21(28)7-6-20(27)23(19)25(33)34-22-13-17(14-32-24(22)30)16-4-3-5-18(12-16)26(15-29)8-10-31-11-9-26/h3-7,12-14,25,31,33H,2,8-11H2,1H3,(H2,30,32). The van der Waals surface area contributed by atoms with Crippen LogP contribution in [0.4, 0.5) is 10.2 Å². The second-order valence-corrected chi connectivity index (χ2v) is 8.78. The van der Waals surface area contributed by atoms with E-state index in [9.17, 15) is 14.8 Å². The molecular formula is C26H26ClFN4O2. The third-order valence-electron chi connectivity index (χ3n) is 6.39. The van der Waals surface area contributed by atoms with Crippen LogP contribution < -0.4 is 15.8 Å². The van der Waals surface area contributed by atoms with Gasteiger partial charge in [0.2, 0.25) is 6.29 Å². The summed E-state index contributed by atoms with van der Waals surface area (Å²) < 4.78 is 20.0. The molecule has 34 heavy (non-hydrogen) atoms. The number of nitrogens with one attached hydrogen (secondary N) is 1. The highest BCUT2D eigenvalue weighted by Gasteiger charge is 2.34. The van der Waals surface area contributed by atoms with E-state index in [1.807, 2.05) is 24.3 Å². The number of ether oxygens (including phenoxy) is 1. The summed E-state index contributed by atoms with van der Waals surface area (Å²) in [6.45, 7) is 3.35. The molecule has 0 aliphatic carbocycles. The predicted octanol–water partition coefficient (Wildman–Crippen LogP) is 4.90. The Labute approximate surface area is 203 Å². The Hall–Kier alpha value is -3.18. The molecule has 1 aliphatic heterocycles. The maximum absolute atomic E-state index is 14.3. The molecule has 2 heterocycles. The number of benzene rings is 2. The molecule has 0 amide bonds. The van der Waals surface area contributed by atoms with Crippen LogP contribution in [0, 0.1) is 17.1 Å². The molecule has 8 heteroatoms. The molecule has 0 bridgehead atoms. The Balaban J connectivity index is 1.67. The summed E-state index contributed by atoms with van der Waals surface area (Å²) in [7, 11) is 0. The number of aromatic nitrogens is 1. The Morgan fingerprint density at radius 3 is 2.74 bits per heavy atom. The van der Waals surface area contributed by atoms with E-state index >= 15 is 0 Å². The summed E-state index contributed by atoms with van der Waals surface area (Å²) in [4.78, 5) is 4.22. The van der Waals surface area contributed by atoms with Crippen molar-refractivity contribution in [3.8, 4) is 22.9 Å². The smallest absolute Gasteiger partial charge is 0.226 e. The van der Waals surface area contributed by atoms with Gasteiger partial charge in [-0.05, 0) is 73.3 Å². The van der Waals surface area contributed by atoms with Crippen LogP contribution >= 0.6 is 11.6 Å². The quantitative estimate of drug-likeness (QED) is 0.433. The number of pyridine rings is 1. The van der Waals surface area contributed by atoms with Crippen LogP contribution in [0.2, 0.25) is 5.02 Å². The molecule has 1 unspecified atom stereocenters. The number of nitrogens with zero attached hydrogens (tertiary/aromatic N) is 2. The van der Waals surface area contributed by atoms with Crippen molar-refractivity contribution in [2.45, 2.75) is 37.9 Å². The van der Waals surface area contributed by atoms with E-state index in [1.165, 1.54) is 12.1 Å². The first-order valence-corrected chi connectivity index (χ1v) is 11.6. The maximum atomic E-state index is 14.3. The molecule has 1 aliphatic rings. The second kappa shape index (κ2) is 9.98. The average Bonchev–Trinajstić information content (AvgIpc) is 2.86. The molecule has 0 radical (unpaired) electrons. The zero-order valence-corrected chi connectivity index (χ0v) is 19.6. The van der Waals surface area contributed by atoms with E-state index in [0.717, 1.165) is 37.1 Å². The van der Waals surface area contributed by atoms with Crippen LogP contribution in [0.25, 0.3) is 11.1 Å². The van der Waals surface area contributed by atoms with Crippen molar-refractivity contribution < 1.29 is 14.2 Å². The lowest BCUT2D eigenvalue weighted by molar-refractivity contribution is -0.0198. The lowest BCUT2D eigenvalue weighted by atomic mass is 9.74. The van der Waals surface area contributed by atoms with Crippen LogP contribution in [0.3, 0.4) is 0 Å². The van der Waals surface area contributed by atoms with Gasteiger partial charge in [-0.25, -0.2) is 9.37 Å². The topological polar surface area (TPSA) is 104 Å². The minimum absolute atomic E-state index is 0.0800. The van der Waals surface area contributed by atoms with Crippen molar-refractivity contribution in [1.82, 2.24) is 10.3 Å². The van der Waals surface area contributed by atoms with E-state index in [2.05, 4.69) is 16.4 Å². The minimum Gasteiger partial charge on any atom is -0.457 e. The predicted molar refractivity (Wildman–Crippen MR) is 130 cm³/mol. The van der Waals surface area contributed by atoms with E-state index in [-0.39, 0.29) is 27.7 Å². The van der Waals surface area contributed by atoms with Crippen molar-refractivity contribution in [3.05, 3.63) is 76.2 Å². The van der Waals surface area contributed by atoms with Crippen molar-refractivity contribution in [3.63, 3.8) is 0 Å². The Morgan fingerprint density at radius 1 is 1.26 bits per heavy atom. The van der Waals surface area contributed by atoms with E-state index < -0.39 is 17.5 Å². The highest BCUT2D eigenvalue weighted by Crippen LogP contribution is 2.37. The molecule has 0 saturated carbocycles. The van der Waals surface area contributed by atoms with Gasteiger partial charge < -0.3 is 20.9 Å². The number of anilines is 1. The number of rotatable bonds is 6. The Bertz CT molecular complexity index is 1240. The van der Waals surface area contributed by atoms with Gasteiger partial charge in [-0.2, -0.15) is 5.26 Å². The van der Waals surface area contributed by atoms with Gasteiger partial charge in [0, 0.05) is 17.3 Å². The average molecular weight is 481 g/mol. The van der Waals surface area contributed by atoms with Gasteiger partial charge in [0.05, 0.1) is 16.5 Å². The fourth-order valence-corrected chi connectivity index (χ4v) is 4.71. The molecule has 3 aromatic rings. The highest BCUT2D eigenvalue weighted by molar-refractivity contribution is 6.31. The molecule has 0 spiro atoms. The van der Waals surface area contributed by atoms with Gasteiger partial charge in [-0.3, -0.25) is 0 Å². The summed E-state index contributed by atoms with van der Waals surface area (Å²) >= 11 is 6.24. The molecule has 1 aromatic heterocycles. The number of nitrogens with two attached hydrogens (primary N) is 1. The fraction of sp³-hybridized carbons (Fsp3) is 0.308. The number of hydrogen-bond donors (Lipinski definition) is 3. The van der Waals surface area contributed by atoms with Crippen LogP contribution in [-0.4, -0.2) is 23.2 Å². The van der Waals surface area contributed by atoms with Crippen molar-refractivity contribution in [2.24, 2.45) is 0 Å². The van der Waals surface area contributed by atoms with Gasteiger partial charge in [-0.15, -0.1) is 0 Å². The molecule has 1 saturated heterocycles. The molecule has 2 aromatic carbocycles. The zero-order valence-electron chi connectivity index (χ0n) is 18.8. The van der Waals surface area contributed by atoms with Gasteiger partial charge in [0.1, 0.15) is 5.82 Å². The third kappa shape index (κ3) is 4.58.